The maximum atomic E-state index is 12.9. The van der Waals surface area contributed by atoms with Crippen LogP contribution in [-0.4, -0.2) is 28.7 Å². The summed E-state index contributed by atoms with van der Waals surface area (Å²) in [5.74, 6) is 0.249. The number of carbonyl (C=O) groups excluding carboxylic acids is 1. The normalized spacial score (nSPS) is 11.5. The highest BCUT2D eigenvalue weighted by atomic mass is 32.2. The predicted octanol–water partition coefficient (Wildman–Crippen LogP) is 3.05. The van der Waals surface area contributed by atoms with Gasteiger partial charge in [-0.1, -0.05) is 31.2 Å². The highest BCUT2D eigenvalue weighted by Gasteiger charge is 2.18. The zero-order chi connectivity index (χ0) is 21.1. The Morgan fingerprint density at radius 2 is 1.83 bits per heavy atom. The molecule has 0 fully saturated rings. The third kappa shape index (κ3) is 3.95. The summed E-state index contributed by atoms with van der Waals surface area (Å²) in [5, 5.41) is 2.81. The van der Waals surface area contributed by atoms with Crippen molar-refractivity contribution in [2.45, 2.75) is 29.7 Å². The predicted molar refractivity (Wildman–Crippen MR) is 112 cm³/mol. The van der Waals surface area contributed by atoms with Crippen molar-refractivity contribution < 1.29 is 13.2 Å². The van der Waals surface area contributed by atoms with E-state index >= 15 is 0 Å². The third-order valence-corrected chi connectivity index (χ3v) is 6.58. The molecule has 0 saturated heterocycles. The molecular weight excluding hydrogens is 400 g/mol. The van der Waals surface area contributed by atoms with Crippen molar-refractivity contribution in [3.8, 4) is 0 Å². The average Bonchev–Trinajstić information content (AvgIpc) is 3.25. The van der Waals surface area contributed by atoms with Gasteiger partial charge < -0.3 is 5.32 Å². The molecule has 1 N–H and O–H groups in total. The van der Waals surface area contributed by atoms with E-state index in [-0.39, 0.29) is 22.2 Å². The summed E-state index contributed by atoms with van der Waals surface area (Å²) in [7, 11) is -3.58. The highest BCUT2D eigenvalue weighted by molar-refractivity contribution is 7.91. The molecule has 8 heteroatoms. The van der Waals surface area contributed by atoms with Crippen LogP contribution in [0.25, 0.3) is 5.78 Å². The lowest BCUT2D eigenvalue weighted by Gasteiger charge is -2.09. The number of sulfone groups is 1. The van der Waals surface area contributed by atoms with Gasteiger partial charge in [0.2, 0.25) is 15.6 Å². The van der Waals surface area contributed by atoms with Crippen LogP contribution in [-0.2, 0) is 22.8 Å². The van der Waals surface area contributed by atoms with E-state index in [0.717, 1.165) is 17.5 Å². The number of carbonyl (C=O) groups is 1. The fraction of sp³-hybridized carbons (Fsp3) is 0.136. The topological polar surface area (TPSA) is 93.4 Å². The van der Waals surface area contributed by atoms with Crippen molar-refractivity contribution in [1.29, 1.82) is 0 Å². The molecule has 0 bridgehead atoms. The van der Waals surface area contributed by atoms with E-state index in [2.05, 4.69) is 15.3 Å². The number of amides is 1. The molecule has 2 aromatic heterocycles. The van der Waals surface area contributed by atoms with E-state index < -0.39 is 9.84 Å². The van der Waals surface area contributed by atoms with Crippen molar-refractivity contribution in [1.82, 2.24) is 19.7 Å². The van der Waals surface area contributed by atoms with Crippen molar-refractivity contribution in [2.24, 2.45) is 0 Å². The third-order valence-electron chi connectivity index (χ3n) is 4.81. The minimum Gasteiger partial charge on any atom is -0.348 e. The summed E-state index contributed by atoms with van der Waals surface area (Å²) in [6.07, 6.45) is 7.22. The van der Waals surface area contributed by atoms with Crippen LogP contribution in [0.4, 0.5) is 0 Å². The molecule has 4 aromatic rings. The Morgan fingerprint density at radius 3 is 2.60 bits per heavy atom. The minimum absolute atomic E-state index is 0.223. The maximum absolute atomic E-state index is 12.9. The van der Waals surface area contributed by atoms with E-state index in [9.17, 15) is 13.2 Å². The lowest BCUT2D eigenvalue weighted by molar-refractivity contribution is 0.0950. The number of imidazole rings is 1. The van der Waals surface area contributed by atoms with E-state index in [0.29, 0.717) is 11.3 Å². The Morgan fingerprint density at radius 1 is 1.03 bits per heavy atom. The lowest BCUT2D eigenvalue weighted by atomic mass is 10.2. The number of aromatic nitrogens is 3. The number of benzene rings is 2. The molecule has 0 aliphatic carbocycles. The molecule has 0 aliphatic heterocycles. The Kier molecular flexibility index (Phi) is 5.33. The van der Waals surface area contributed by atoms with Gasteiger partial charge in [-0.05, 0) is 41.8 Å². The van der Waals surface area contributed by atoms with E-state index in [1.165, 1.54) is 6.20 Å². The number of fused-ring (bicyclic) bond motifs is 1. The van der Waals surface area contributed by atoms with Crippen LogP contribution >= 0.6 is 0 Å². The smallest absolute Gasteiger partial charge is 0.254 e. The molecule has 7 nitrogen and oxygen atoms in total. The Bertz CT molecular complexity index is 1310. The fourth-order valence-electron chi connectivity index (χ4n) is 3.07. The SMILES string of the molecule is CCc1cccc(S(=O)(=O)c2ccc(CNC(=O)c3cnc4nccn4c3)cc2)c1. The Labute approximate surface area is 174 Å². The molecule has 0 unspecified atom stereocenters. The molecule has 2 heterocycles. The van der Waals surface area contributed by atoms with Crippen molar-refractivity contribution in [3.05, 3.63) is 90.0 Å². The van der Waals surface area contributed by atoms with Gasteiger partial charge in [0.25, 0.3) is 5.91 Å². The number of rotatable bonds is 6. The van der Waals surface area contributed by atoms with Crippen LogP contribution in [0, 0.1) is 0 Å². The lowest BCUT2D eigenvalue weighted by Crippen LogP contribution is -2.23. The molecule has 30 heavy (non-hydrogen) atoms. The Balaban J connectivity index is 1.46. The maximum Gasteiger partial charge on any atom is 0.254 e. The number of hydrogen-bond donors (Lipinski definition) is 1. The first-order valence-corrected chi connectivity index (χ1v) is 11.0. The molecular formula is C22H20N4O3S. The standard InChI is InChI=1S/C22H20N4O3S/c1-2-16-4-3-5-20(12-16)30(28,29)19-8-6-17(7-9-19)13-24-21(27)18-14-25-22-23-10-11-26(22)15-18/h3-12,14-15H,2,13H2,1H3,(H,24,27). The number of nitrogens with zero attached hydrogens (tertiary/aromatic N) is 3. The fourth-order valence-corrected chi connectivity index (χ4v) is 4.40. The quantitative estimate of drug-likeness (QED) is 0.517. The molecule has 0 spiro atoms. The van der Waals surface area contributed by atoms with Crippen LogP contribution < -0.4 is 5.32 Å². The van der Waals surface area contributed by atoms with E-state index in [1.54, 1.807) is 65.5 Å². The van der Waals surface area contributed by atoms with Crippen LogP contribution in [0.5, 0.6) is 0 Å². The first kappa shape index (κ1) is 19.8. The van der Waals surface area contributed by atoms with Gasteiger partial charge in [-0.2, -0.15) is 0 Å². The number of aryl methyl sites for hydroxylation is 1. The van der Waals surface area contributed by atoms with Gasteiger partial charge in [-0.25, -0.2) is 18.4 Å². The molecule has 152 valence electrons. The largest absolute Gasteiger partial charge is 0.348 e. The number of nitrogens with one attached hydrogen (secondary N) is 1. The molecule has 1 amide bonds. The molecule has 0 atom stereocenters. The van der Waals surface area contributed by atoms with Crippen molar-refractivity contribution in [2.75, 3.05) is 0 Å². The van der Waals surface area contributed by atoms with Gasteiger partial charge in [0, 0.05) is 31.3 Å². The van der Waals surface area contributed by atoms with Gasteiger partial charge >= 0.3 is 0 Å². The summed E-state index contributed by atoms with van der Waals surface area (Å²) in [4.78, 5) is 21.0. The monoisotopic (exact) mass is 420 g/mol. The molecule has 4 rings (SSSR count). The summed E-state index contributed by atoms with van der Waals surface area (Å²) < 4.78 is 27.4. The van der Waals surface area contributed by atoms with Crippen LogP contribution in [0.1, 0.15) is 28.4 Å². The van der Waals surface area contributed by atoms with Crippen molar-refractivity contribution >= 4 is 21.5 Å². The molecule has 0 aliphatic rings. The average molecular weight is 420 g/mol. The second-order valence-electron chi connectivity index (χ2n) is 6.81. The van der Waals surface area contributed by atoms with Gasteiger partial charge in [0.05, 0.1) is 15.4 Å². The zero-order valence-corrected chi connectivity index (χ0v) is 17.1. The van der Waals surface area contributed by atoms with Gasteiger partial charge in [-0.15, -0.1) is 0 Å². The summed E-state index contributed by atoms with van der Waals surface area (Å²) in [6.45, 7) is 2.25. The summed E-state index contributed by atoms with van der Waals surface area (Å²) >= 11 is 0. The van der Waals surface area contributed by atoms with E-state index in [4.69, 9.17) is 0 Å². The zero-order valence-electron chi connectivity index (χ0n) is 16.3. The van der Waals surface area contributed by atoms with Crippen molar-refractivity contribution in [3.63, 3.8) is 0 Å². The van der Waals surface area contributed by atoms with Gasteiger partial charge in [0.1, 0.15) is 0 Å². The van der Waals surface area contributed by atoms with Crippen LogP contribution in [0.3, 0.4) is 0 Å². The highest BCUT2D eigenvalue weighted by Crippen LogP contribution is 2.22. The van der Waals surface area contributed by atoms with Crippen LogP contribution in [0.2, 0.25) is 0 Å². The molecule has 0 saturated carbocycles. The minimum atomic E-state index is -3.58. The first-order valence-electron chi connectivity index (χ1n) is 9.47. The number of hydrogen-bond acceptors (Lipinski definition) is 5. The molecule has 2 aromatic carbocycles. The summed E-state index contributed by atoms with van der Waals surface area (Å²) in [5.41, 5.74) is 2.18. The second kappa shape index (κ2) is 8.08. The summed E-state index contributed by atoms with van der Waals surface area (Å²) in [6, 6.07) is 13.5. The Hall–Kier alpha value is -3.52. The first-order chi connectivity index (χ1) is 14.5. The van der Waals surface area contributed by atoms with Gasteiger partial charge in [-0.3, -0.25) is 9.20 Å². The van der Waals surface area contributed by atoms with Gasteiger partial charge in [0.15, 0.2) is 0 Å². The second-order valence-corrected chi connectivity index (χ2v) is 8.76. The van der Waals surface area contributed by atoms with E-state index in [1.807, 2.05) is 13.0 Å². The molecule has 0 radical (unpaired) electrons. The van der Waals surface area contributed by atoms with Crippen LogP contribution in [0.15, 0.2) is 83.1 Å².